The fourth-order valence-corrected chi connectivity index (χ4v) is 1.65. The van der Waals surface area contributed by atoms with Crippen molar-refractivity contribution in [1.29, 1.82) is 0 Å². The van der Waals surface area contributed by atoms with E-state index in [-0.39, 0.29) is 0 Å². The summed E-state index contributed by atoms with van der Waals surface area (Å²) in [4.78, 5) is 4.45. The highest BCUT2D eigenvalue weighted by Gasteiger charge is 2.26. The van der Waals surface area contributed by atoms with Gasteiger partial charge in [-0.1, -0.05) is 18.2 Å². The summed E-state index contributed by atoms with van der Waals surface area (Å²) >= 11 is 0. The van der Waals surface area contributed by atoms with Crippen LogP contribution in [-0.4, -0.2) is 4.98 Å². The Morgan fingerprint density at radius 3 is 3.00 bits per heavy atom. The van der Waals surface area contributed by atoms with Crippen molar-refractivity contribution in [1.82, 2.24) is 4.98 Å². The van der Waals surface area contributed by atoms with Crippen molar-refractivity contribution in [3.8, 4) is 0 Å². The highest BCUT2D eigenvalue weighted by atomic mass is 14.7. The van der Waals surface area contributed by atoms with E-state index in [1.54, 1.807) is 0 Å². The smallest absolute Gasteiger partial charge is 0.0469 e. The van der Waals surface area contributed by atoms with E-state index in [1.807, 2.05) is 12.3 Å². The normalized spacial score (nSPS) is 15.8. The molecule has 0 aliphatic heterocycles. The van der Waals surface area contributed by atoms with E-state index in [1.165, 1.54) is 29.7 Å². The molecule has 0 N–H and O–H groups in total. The quantitative estimate of drug-likeness (QED) is 0.640. The topological polar surface area (TPSA) is 12.9 Å². The van der Waals surface area contributed by atoms with Gasteiger partial charge >= 0.3 is 0 Å². The van der Waals surface area contributed by atoms with Gasteiger partial charge in [0.05, 0.1) is 0 Å². The average molecular weight is 173 g/mol. The maximum atomic E-state index is 4.45. The minimum absolute atomic E-state index is 0.746. The molecule has 1 saturated carbocycles. The second kappa shape index (κ2) is 3.33. The molecule has 1 heterocycles. The Balaban J connectivity index is 2.26. The molecule has 0 saturated heterocycles. The molecule has 0 aromatic carbocycles. The summed E-state index contributed by atoms with van der Waals surface area (Å²) in [5.41, 5.74) is 3.90. The molecule has 0 unspecified atom stereocenters. The molecule has 1 aliphatic carbocycles. The average Bonchev–Trinajstić information content (AvgIpc) is 2.87. The van der Waals surface area contributed by atoms with E-state index >= 15 is 0 Å². The third-order valence-electron chi connectivity index (χ3n) is 2.38. The van der Waals surface area contributed by atoms with Crippen LogP contribution in [0.25, 0.3) is 0 Å². The minimum atomic E-state index is 0.746. The number of pyridine rings is 1. The third kappa shape index (κ3) is 1.97. The van der Waals surface area contributed by atoms with Gasteiger partial charge < -0.3 is 0 Å². The van der Waals surface area contributed by atoms with E-state index in [4.69, 9.17) is 0 Å². The maximum absolute atomic E-state index is 4.45. The number of aromatic nitrogens is 1. The summed E-state index contributed by atoms with van der Waals surface area (Å²) in [6, 6.07) is 4.19. The Hall–Kier alpha value is -1.11. The van der Waals surface area contributed by atoms with Crippen LogP contribution in [0.2, 0.25) is 0 Å². The molecule has 0 spiro atoms. The predicted molar refractivity (Wildman–Crippen MR) is 54.7 cm³/mol. The monoisotopic (exact) mass is 173 g/mol. The van der Waals surface area contributed by atoms with Gasteiger partial charge in [-0.05, 0) is 37.8 Å². The molecule has 0 atom stereocenters. The molecule has 13 heavy (non-hydrogen) atoms. The molecule has 0 radical (unpaired) electrons. The zero-order valence-electron chi connectivity index (χ0n) is 8.09. The molecule has 1 fully saturated rings. The standard InChI is InChI=1S/C12H15N/c1-9(2)8-11-4-3-7-13-12(11)10-5-6-10/h3-4,7,10H,1,5-6,8H2,2H3. The Morgan fingerprint density at radius 2 is 2.38 bits per heavy atom. The van der Waals surface area contributed by atoms with Crippen LogP contribution in [0.15, 0.2) is 30.5 Å². The summed E-state index contributed by atoms with van der Waals surface area (Å²) < 4.78 is 0. The van der Waals surface area contributed by atoms with Gasteiger partial charge in [0.25, 0.3) is 0 Å². The van der Waals surface area contributed by atoms with Gasteiger partial charge in [-0.2, -0.15) is 0 Å². The lowest BCUT2D eigenvalue weighted by atomic mass is 10.0. The molecule has 0 amide bonds. The van der Waals surface area contributed by atoms with Crippen molar-refractivity contribution in [2.45, 2.75) is 32.1 Å². The summed E-state index contributed by atoms with van der Waals surface area (Å²) in [6.07, 6.45) is 5.52. The predicted octanol–water partition coefficient (Wildman–Crippen LogP) is 3.08. The zero-order chi connectivity index (χ0) is 9.26. The van der Waals surface area contributed by atoms with Gasteiger partial charge in [0.1, 0.15) is 0 Å². The van der Waals surface area contributed by atoms with Gasteiger partial charge in [0.15, 0.2) is 0 Å². The fourth-order valence-electron chi connectivity index (χ4n) is 1.65. The van der Waals surface area contributed by atoms with Crippen molar-refractivity contribution < 1.29 is 0 Å². The van der Waals surface area contributed by atoms with Crippen LogP contribution in [0.5, 0.6) is 0 Å². The molecular weight excluding hydrogens is 158 g/mol. The first-order chi connectivity index (χ1) is 6.27. The van der Waals surface area contributed by atoms with Crippen LogP contribution in [0.3, 0.4) is 0 Å². The van der Waals surface area contributed by atoms with Crippen LogP contribution in [0, 0.1) is 0 Å². The second-order valence-electron chi connectivity index (χ2n) is 3.96. The number of allylic oxidation sites excluding steroid dienone is 1. The van der Waals surface area contributed by atoms with Crippen molar-refractivity contribution in [2.75, 3.05) is 0 Å². The number of rotatable bonds is 3. The lowest BCUT2D eigenvalue weighted by molar-refractivity contribution is 0.961. The van der Waals surface area contributed by atoms with Gasteiger partial charge in [-0.15, -0.1) is 0 Å². The lowest BCUT2D eigenvalue weighted by Gasteiger charge is -2.06. The molecule has 0 bridgehead atoms. The van der Waals surface area contributed by atoms with E-state index < -0.39 is 0 Å². The zero-order valence-corrected chi connectivity index (χ0v) is 8.09. The Kier molecular flexibility index (Phi) is 2.17. The third-order valence-corrected chi connectivity index (χ3v) is 2.38. The number of hydrogen-bond donors (Lipinski definition) is 0. The van der Waals surface area contributed by atoms with E-state index in [0.29, 0.717) is 0 Å². The van der Waals surface area contributed by atoms with E-state index in [2.05, 4.69) is 24.6 Å². The van der Waals surface area contributed by atoms with Crippen LogP contribution in [-0.2, 0) is 6.42 Å². The van der Waals surface area contributed by atoms with Crippen molar-refractivity contribution in [2.24, 2.45) is 0 Å². The van der Waals surface area contributed by atoms with Crippen LogP contribution in [0.4, 0.5) is 0 Å². The molecule has 1 aromatic heterocycles. The van der Waals surface area contributed by atoms with Gasteiger partial charge in [0, 0.05) is 17.8 Å². The van der Waals surface area contributed by atoms with Gasteiger partial charge in [-0.25, -0.2) is 0 Å². The van der Waals surface area contributed by atoms with Gasteiger partial charge in [0.2, 0.25) is 0 Å². The van der Waals surface area contributed by atoms with Crippen molar-refractivity contribution in [3.05, 3.63) is 41.7 Å². The Morgan fingerprint density at radius 1 is 1.62 bits per heavy atom. The summed E-state index contributed by atoms with van der Waals surface area (Å²) in [5.74, 6) is 0.746. The summed E-state index contributed by atoms with van der Waals surface area (Å²) in [6.45, 7) is 6.02. The molecule has 1 nitrogen and oxygen atoms in total. The SMILES string of the molecule is C=C(C)Cc1cccnc1C1CC1. The highest BCUT2D eigenvalue weighted by Crippen LogP contribution is 2.40. The number of hydrogen-bond acceptors (Lipinski definition) is 1. The first-order valence-electron chi connectivity index (χ1n) is 4.85. The molecule has 68 valence electrons. The van der Waals surface area contributed by atoms with E-state index in [0.717, 1.165) is 12.3 Å². The molecule has 2 rings (SSSR count). The first kappa shape index (κ1) is 8.49. The molecule has 1 aliphatic rings. The van der Waals surface area contributed by atoms with Crippen molar-refractivity contribution >= 4 is 0 Å². The Labute approximate surface area is 79.5 Å². The van der Waals surface area contributed by atoms with Crippen LogP contribution in [0.1, 0.15) is 36.9 Å². The molecular formula is C12H15N. The summed E-state index contributed by atoms with van der Waals surface area (Å²) in [7, 11) is 0. The Bertz CT molecular complexity index is 324. The maximum Gasteiger partial charge on any atom is 0.0469 e. The van der Waals surface area contributed by atoms with E-state index in [9.17, 15) is 0 Å². The van der Waals surface area contributed by atoms with Crippen molar-refractivity contribution in [3.63, 3.8) is 0 Å². The lowest BCUT2D eigenvalue weighted by Crippen LogP contribution is -1.95. The minimum Gasteiger partial charge on any atom is -0.261 e. The van der Waals surface area contributed by atoms with Crippen LogP contribution >= 0.6 is 0 Å². The number of nitrogens with zero attached hydrogens (tertiary/aromatic N) is 1. The summed E-state index contributed by atoms with van der Waals surface area (Å²) in [5, 5.41) is 0. The molecule has 1 aromatic rings. The second-order valence-corrected chi connectivity index (χ2v) is 3.96. The van der Waals surface area contributed by atoms with Crippen LogP contribution < -0.4 is 0 Å². The highest BCUT2D eigenvalue weighted by molar-refractivity contribution is 5.29. The first-order valence-corrected chi connectivity index (χ1v) is 4.85. The largest absolute Gasteiger partial charge is 0.261 e. The fraction of sp³-hybridized carbons (Fsp3) is 0.417. The molecule has 1 heteroatoms. The van der Waals surface area contributed by atoms with Gasteiger partial charge in [-0.3, -0.25) is 4.98 Å².